The molecule has 7 heteroatoms. The molecule has 6 nitrogen and oxygen atoms in total. The highest BCUT2D eigenvalue weighted by atomic mass is 32.2. The Morgan fingerprint density at radius 2 is 1.88 bits per heavy atom. The molecule has 3 aromatic rings. The van der Waals surface area contributed by atoms with E-state index in [9.17, 15) is 13.2 Å². The molecule has 0 saturated heterocycles. The monoisotopic (exact) mass is 340 g/mol. The number of hydrogen-bond acceptors (Lipinski definition) is 5. The van der Waals surface area contributed by atoms with Crippen LogP contribution in [0.5, 0.6) is 0 Å². The zero-order chi connectivity index (χ0) is 16.9. The van der Waals surface area contributed by atoms with Gasteiger partial charge in [0.2, 0.25) is 0 Å². The van der Waals surface area contributed by atoms with E-state index in [1.54, 1.807) is 42.5 Å². The maximum absolute atomic E-state index is 12.5. The quantitative estimate of drug-likeness (QED) is 0.689. The van der Waals surface area contributed by atoms with Crippen LogP contribution in [0.25, 0.3) is 22.0 Å². The molecule has 24 heavy (non-hydrogen) atoms. The molecule has 0 fully saturated rings. The summed E-state index contributed by atoms with van der Waals surface area (Å²) in [6.07, 6.45) is 1.46. The van der Waals surface area contributed by atoms with E-state index in [2.05, 4.69) is 9.71 Å². The topological polar surface area (TPSA) is 85.4 Å². The van der Waals surface area contributed by atoms with Gasteiger partial charge in [0.1, 0.15) is 0 Å². The van der Waals surface area contributed by atoms with Gasteiger partial charge in [0, 0.05) is 22.7 Å². The molecule has 0 saturated carbocycles. The van der Waals surface area contributed by atoms with Gasteiger partial charge in [-0.05, 0) is 12.1 Å². The lowest BCUT2D eigenvalue weighted by molar-refractivity contribution is 0.0603. The highest BCUT2D eigenvalue weighted by Gasteiger charge is 2.29. The van der Waals surface area contributed by atoms with Crippen LogP contribution in [0.1, 0.15) is 10.4 Å². The smallest absolute Gasteiger partial charge is 0.338 e. The van der Waals surface area contributed by atoms with E-state index in [-0.39, 0.29) is 4.90 Å². The van der Waals surface area contributed by atoms with E-state index in [1.807, 2.05) is 0 Å². The van der Waals surface area contributed by atoms with Crippen molar-refractivity contribution in [2.45, 2.75) is 4.90 Å². The van der Waals surface area contributed by atoms with Crippen molar-refractivity contribution in [3.63, 3.8) is 0 Å². The fraction of sp³-hybridized carbons (Fsp3) is 0.0588. The molecule has 1 aliphatic rings. The zero-order valence-corrected chi connectivity index (χ0v) is 13.4. The average molecular weight is 340 g/mol. The van der Waals surface area contributed by atoms with Crippen LogP contribution in [0.15, 0.2) is 53.6 Å². The first kappa shape index (κ1) is 14.6. The normalized spacial score (nSPS) is 14.4. The minimum Gasteiger partial charge on any atom is -0.465 e. The van der Waals surface area contributed by atoms with Gasteiger partial charge in [0.05, 0.1) is 28.8 Å². The molecular formula is C17H12N2O4S. The number of nitrogens with one attached hydrogen (secondary N) is 1. The van der Waals surface area contributed by atoms with E-state index < -0.39 is 16.0 Å². The van der Waals surface area contributed by atoms with E-state index in [4.69, 9.17) is 4.74 Å². The first-order valence-corrected chi connectivity index (χ1v) is 8.63. The Morgan fingerprint density at radius 3 is 2.67 bits per heavy atom. The number of rotatable bonds is 1. The fourth-order valence-corrected chi connectivity index (χ4v) is 4.26. The number of fused-ring (bicyclic) bond motifs is 5. The summed E-state index contributed by atoms with van der Waals surface area (Å²) < 4.78 is 32.4. The molecule has 0 amide bonds. The van der Waals surface area contributed by atoms with Crippen molar-refractivity contribution in [3.8, 4) is 11.1 Å². The predicted octanol–water partition coefficient (Wildman–Crippen LogP) is 2.80. The largest absolute Gasteiger partial charge is 0.465 e. The summed E-state index contributed by atoms with van der Waals surface area (Å²) in [6, 6.07) is 11.9. The van der Waals surface area contributed by atoms with Crippen molar-refractivity contribution in [3.05, 3.63) is 54.2 Å². The summed E-state index contributed by atoms with van der Waals surface area (Å²) >= 11 is 0. The van der Waals surface area contributed by atoms with Crippen molar-refractivity contribution in [1.29, 1.82) is 0 Å². The predicted molar refractivity (Wildman–Crippen MR) is 89.3 cm³/mol. The van der Waals surface area contributed by atoms with Crippen LogP contribution in [-0.2, 0) is 14.8 Å². The number of carbonyl (C=O) groups excluding carboxylic acids is 1. The standard InChI is InChI=1S/C17H12N2O4S/c1-23-17(20)13-8-9-18-15-12(13)7-6-11-10-4-2-3-5-14(10)24(21,22)19-16(11)15/h2-9,19H,1H3. The Hall–Kier alpha value is -2.93. The fourth-order valence-electron chi connectivity index (χ4n) is 2.95. The maximum Gasteiger partial charge on any atom is 0.338 e. The average Bonchev–Trinajstić information content (AvgIpc) is 2.60. The van der Waals surface area contributed by atoms with Gasteiger partial charge in [0.15, 0.2) is 0 Å². The van der Waals surface area contributed by atoms with Gasteiger partial charge in [-0.25, -0.2) is 13.2 Å². The second-order valence-corrected chi connectivity index (χ2v) is 6.99. The molecule has 0 spiro atoms. The highest BCUT2D eigenvalue weighted by molar-refractivity contribution is 7.93. The van der Waals surface area contributed by atoms with Crippen LogP contribution in [0.2, 0.25) is 0 Å². The van der Waals surface area contributed by atoms with Gasteiger partial charge < -0.3 is 4.74 Å². The lowest BCUT2D eigenvalue weighted by Crippen LogP contribution is -2.19. The lowest BCUT2D eigenvalue weighted by atomic mass is 9.99. The van der Waals surface area contributed by atoms with Gasteiger partial charge >= 0.3 is 5.97 Å². The second kappa shape index (κ2) is 5.04. The maximum atomic E-state index is 12.5. The Labute approximate surface area is 138 Å². The van der Waals surface area contributed by atoms with Gasteiger partial charge in [-0.15, -0.1) is 0 Å². The number of benzene rings is 2. The Balaban J connectivity index is 2.10. The molecule has 0 atom stereocenters. The van der Waals surface area contributed by atoms with Crippen LogP contribution in [0.4, 0.5) is 5.69 Å². The third kappa shape index (κ3) is 1.98. The Bertz CT molecular complexity index is 1110. The zero-order valence-electron chi connectivity index (χ0n) is 12.6. The number of esters is 1. The number of nitrogens with zero attached hydrogens (tertiary/aromatic N) is 1. The van der Waals surface area contributed by atoms with Crippen LogP contribution in [0.3, 0.4) is 0 Å². The molecule has 4 rings (SSSR count). The molecule has 0 unspecified atom stereocenters. The van der Waals surface area contributed by atoms with Crippen molar-refractivity contribution < 1.29 is 17.9 Å². The molecule has 2 heterocycles. The van der Waals surface area contributed by atoms with E-state index in [0.717, 1.165) is 5.56 Å². The summed E-state index contributed by atoms with van der Waals surface area (Å²) in [5, 5.41) is 0.533. The Kier molecular flexibility index (Phi) is 3.07. The lowest BCUT2D eigenvalue weighted by Gasteiger charge is -2.22. The number of aromatic nitrogens is 1. The summed E-state index contributed by atoms with van der Waals surface area (Å²) in [7, 11) is -2.39. The number of hydrogen-bond donors (Lipinski definition) is 1. The third-order valence-corrected chi connectivity index (χ3v) is 5.43. The van der Waals surface area contributed by atoms with Crippen molar-refractivity contribution in [1.82, 2.24) is 4.98 Å². The summed E-state index contributed by atoms with van der Waals surface area (Å²) in [4.78, 5) is 16.4. The molecule has 0 aliphatic carbocycles. The number of ether oxygens (including phenoxy) is 1. The van der Waals surface area contributed by atoms with Gasteiger partial charge in [0.25, 0.3) is 10.0 Å². The first-order chi connectivity index (χ1) is 11.5. The number of sulfonamides is 1. The van der Waals surface area contributed by atoms with Gasteiger partial charge in [-0.2, -0.15) is 0 Å². The molecule has 120 valence electrons. The van der Waals surface area contributed by atoms with Crippen molar-refractivity contribution in [2.75, 3.05) is 11.8 Å². The van der Waals surface area contributed by atoms with E-state index >= 15 is 0 Å². The number of carbonyl (C=O) groups is 1. The summed E-state index contributed by atoms with van der Waals surface area (Å²) in [5.41, 5.74) is 2.45. The summed E-state index contributed by atoms with van der Waals surface area (Å²) in [6.45, 7) is 0. The van der Waals surface area contributed by atoms with E-state index in [0.29, 0.717) is 27.7 Å². The number of pyridine rings is 1. The molecule has 2 aromatic carbocycles. The molecule has 0 radical (unpaired) electrons. The van der Waals surface area contributed by atoms with Crippen LogP contribution in [-0.4, -0.2) is 26.5 Å². The van der Waals surface area contributed by atoms with Gasteiger partial charge in [-0.3, -0.25) is 9.71 Å². The van der Waals surface area contributed by atoms with Crippen LogP contribution in [0, 0.1) is 0 Å². The van der Waals surface area contributed by atoms with Crippen LogP contribution < -0.4 is 4.72 Å². The van der Waals surface area contributed by atoms with Crippen molar-refractivity contribution >= 4 is 32.6 Å². The SMILES string of the molecule is COC(=O)c1ccnc2c3c(ccc12)-c1ccccc1S(=O)(=O)N3. The first-order valence-electron chi connectivity index (χ1n) is 7.15. The minimum absolute atomic E-state index is 0.223. The number of anilines is 1. The molecule has 1 aromatic heterocycles. The molecule has 0 bridgehead atoms. The molecule has 1 N–H and O–H groups in total. The molecular weight excluding hydrogens is 328 g/mol. The Morgan fingerprint density at radius 1 is 1.08 bits per heavy atom. The third-order valence-electron chi connectivity index (χ3n) is 4.02. The van der Waals surface area contributed by atoms with Crippen molar-refractivity contribution in [2.24, 2.45) is 0 Å². The minimum atomic E-state index is -3.69. The molecule has 1 aliphatic heterocycles. The second-order valence-electron chi connectivity index (χ2n) is 5.34. The van der Waals surface area contributed by atoms with Gasteiger partial charge in [-0.1, -0.05) is 30.3 Å². The van der Waals surface area contributed by atoms with Crippen LogP contribution >= 0.6 is 0 Å². The summed E-state index contributed by atoms with van der Waals surface area (Å²) in [5.74, 6) is -0.499. The highest BCUT2D eigenvalue weighted by Crippen LogP contribution is 2.42. The number of methoxy groups -OCH3 is 1. The van der Waals surface area contributed by atoms with E-state index in [1.165, 1.54) is 13.3 Å².